The lowest BCUT2D eigenvalue weighted by molar-refractivity contribution is -0.254. The van der Waals surface area contributed by atoms with Crippen molar-refractivity contribution in [2.24, 2.45) is 0 Å². The first-order valence-corrected chi connectivity index (χ1v) is 7.27. The Morgan fingerprint density at radius 1 is 1.30 bits per heavy atom. The van der Waals surface area contributed by atoms with E-state index in [1.807, 2.05) is 36.4 Å². The van der Waals surface area contributed by atoms with Gasteiger partial charge in [-0.3, -0.25) is 9.68 Å². The summed E-state index contributed by atoms with van der Waals surface area (Å²) in [5, 5.41) is 0. The van der Waals surface area contributed by atoms with Crippen LogP contribution in [0.1, 0.15) is 24.3 Å². The Balaban J connectivity index is 1.93. The normalized spacial score (nSPS) is 19.8. The fourth-order valence-electron chi connectivity index (χ4n) is 2.87. The number of hydrogen-bond donors (Lipinski definition) is 0. The molecule has 0 bridgehead atoms. The predicted octanol–water partition coefficient (Wildman–Crippen LogP) is 2.96. The Bertz CT molecular complexity index is 712. The molecule has 118 valence electrons. The fraction of sp³-hybridized carbons (Fsp3) is 0.222. The average molecular weight is 312 g/mol. The second-order valence-electron chi connectivity index (χ2n) is 5.30. The van der Waals surface area contributed by atoms with Crippen LogP contribution in [0.15, 0.2) is 65.7 Å². The summed E-state index contributed by atoms with van der Waals surface area (Å²) >= 11 is 0. The summed E-state index contributed by atoms with van der Waals surface area (Å²) < 4.78 is 5.60. The zero-order chi connectivity index (χ0) is 16.2. The van der Waals surface area contributed by atoms with Crippen LogP contribution in [0.3, 0.4) is 0 Å². The Hall–Kier alpha value is -2.66. The maximum Gasteiger partial charge on any atom is 0.346 e. The number of ether oxygens (including phenoxy) is 1. The zero-order valence-corrected chi connectivity index (χ0v) is 12.7. The van der Waals surface area contributed by atoms with Crippen molar-refractivity contribution in [3.8, 4) is 0 Å². The molecular weight excluding hydrogens is 296 g/mol. The summed E-state index contributed by atoms with van der Waals surface area (Å²) in [7, 11) is 1.26. The highest BCUT2D eigenvalue weighted by Gasteiger charge is 2.30. The third-order valence-corrected chi connectivity index (χ3v) is 3.79. The van der Waals surface area contributed by atoms with Crippen LogP contribution in [0.25, 0.3) is 0 Å². The van der Waals surface area contributed by atoms with E-state index < -0.39 is 5.97 Å². The van der Waals surface area contributed by atoms with E-state index in [1.165, 1.54) is 13.2 Å². The third kappa shape index (κ3) is 3.24. The summed E-state index contributed by atoms with van der Waals surface area (Å²) in [6.07, 6.45) is 5.16. The minimum Gasteiger partial charge on any atom is -0.465 e. The fourth-order valence-corrected chi connectivity index (χ4v) is 2.87. The van der Waals surface area contributed by atoms with E-state index in [0.717, 1.165) is 11.1 Å². The van der Waals surface area contributed by atoms with E-state index in [2.05, 4.69) is 9.78 Å². The van der Waals surface area contributed by atoms with Crippen LogP contribution in [-0.2, 0) is 24.1 Å². The van der Waals surface area contributed by atoms with Gasteiger partial charge in [-0.15, -0.1) is 0 Å². The van der Waals surface area contributed by atoms with E-state index >= 15 is 0 Å². The van der Waals surface area contributed by atoms with E-state index in [-0.39, 0.29) is 24.5 Å². The molecule has 2 aliphatic rings. The highest BCUT2D eigenvalue weighted by Crippen LogP contribution is 2.40. The van der Waals surface area contributed by atoms with Crippen molar-refractivity contribution in [2.75, 3.05) is 7.11 Å². The summed E-state index contributed by atoms with van der Waals surface area (Å²) in [5.41, 5.74) is 2.46. The molecule has 1 unspecified atom stereocenters. The number of benzene rings is 1. The summed E-state index contributed by atoms with van der Waals surface area (Å²) in [6.45, 7) is 0. The largest absolute Gasteiger partial charge is 0.465 e. The second-order valence-corrected chi connectivity index (χ2v) is 5.30. The molecule has 1 atom stereocenters. The van der Waals surface area contributed by atoms with Crippen molar-refractivity contribution in [3.05, 3.63) is 71.2 Å². The molecule has 5 heteroatoms. The molecule has 5 nitrogen and oxygen atoms in total. The van der Waals surface area contributed by atoms with Gasteiger partial charge in [0.15, 0.2) is 5.78 Å². The molecule has 0 saturated heterocycles. The predicted molar refractivity (Wildman–Crippen MR) is 81.9 cm³/mol. The van der Waals surface area contributed by atoms with Crippen LogP contribution < -0.4 is 0 Å². The van der Waals surface area contributed by atoms with E-state index in [1.54, 1.807) is 6.26 Å². The first-order chi connectivity index (χ1) is 11.2. The zero-order valence-electron chi connectivity index (χ0n) is 12.7. The van der Waals surface area contributed by atoms with Gasteiger partial charge >= 0.3 is 5.97 Å². The van der Waals surface area contributed by atoms with Crippen molar-refractivity contribution >= 4 is 11.8 Å². The van der Waals surface area contributed by atoms with Crippen LogP contribution in [0.5, 0.6) is 0 Å². The van der Waals surface area contributed by atoms with Gasteiger partial charge in [-0.05, 0) is 23.3 Å². The maximum atomic E-state index is 12.1. The summed E-state index contributed by atoms with van der Waals surface area (Å²) in [6, 6.07) is 9.87. The topological polar surface area (TPSA) is 61.8 Å². The van der Waals surface area contributed by atoms with Crippen molar-refractivity contribution < 1.29 is 24.1 Å². The minimum atomic E-state index is -0.574. The van der Waals surface area contributed by atoms with Gasteiger partial charge < -0.3 is 4.74 Å². The molecule has 0 spiro atoms. The maximum absolute atomic E-state index is 12.1. The second kappa shape index (κ2) is 6.62. The highest BCUT2D eigenvalue weighted by molar-refractivity contribution is 5.96. The van der Waals surface area contributed by atoms with Crippen LogP contribution in [0, 0.1) is 0 Å². The van der Waals surface area contributed by atoms with Crippen molar-refractivity contribution in [2.45, 2.75) is 18.8 Å². The lowest BCUT2D eigenvalue weighted by Gasteiger charge is -2.28. The SMILES string of the molecule is COOC(=O)CC1=CC(=O)CC2=C1OC=CC2c1ccccc1. The number of ketones is 1. The number of carbonyl (C=O) groups excluding carboxylic acids is 2. The monoisotopic (exact) mass is 312 g/mol. The highest BCUT2D eigenvalue weighted by atomic mass is 17.2. The van der Waals surface area contributed by atoms with Gasteiger partial charge in [-0.1, -0.05) is 30.3 Å². The van der Waals surface area contributed by atoms with Crippen molar-refractivity contribution in [1.29, 1.82) is 0 Å². The lowest BCUT2D eigenvalue weighted by Crippen LogP contribution is -2.19. The van der Waals surface area contributed by atoms with Crippen LogP contribution >= 0.6 is 0 Å². The van der Waals surface area contributed by atoms with Gasteiger partial charge in [0.1, 0.15) is 5.76 Å². The third-order valence-electron chi connectivity index (χ3n) is 3.79. The van der Waals surface area contributed by atoms with Crippen molar-refractivity contribution in [1.82, 2.24) is 0 Å². The number of hydrogen-bond acceptors (Lipinski definition) is 5. The molecule has 23 heavy (non-hydrogen) atoms. The molecular formula is C18H16O5. The molecule has 1 heterocycles. The Labute approximate surface area is 133 Å². The average Bonchev–Trinajstić information content (AvgIpc) is 2.55. The first kappa shape index (κ1) is 15.2. The van der Waals surface area contributed by atoms with Gasteiger partial charge in [-0.25, -0.2) is 4.79 Å². The van der Waals surface area contributed by atoms with Gasteiger partial charge in [0, 0.05) is 17.9 Å². The Kier molecular flexibility index (Phi) is 4.39. The lowest BCUT2D eigenvalue weighted by atomic mass is 9.82. The molecule has 0 saturated carbocycles. The van der Waals surface area contributed by atoms with Crippen LogP contribution in [-0.4, -0.2) is 18.9 Å². The molecule has 1 aromatic carbocycles. The molecule has 1 aliphatic carbocycles. The molecule has 3 rings (SSSR count). The van der Waals surface area contributed by atoms with Crippen LogP contribution in [0.2, 0.25) is 0 Å². The number of carbonyl (C=O) groups is 2. The molecule has 0 amide bonds. The molecule has 1 aliphatic heterocycles. The standard InChI is InChI=1S/C18H16O5/c1-21-23-17(20)10-13-9-14(19)11-16-15(7-8-22-18(13)16)12-5-3-2-4-6-12/h2-9,15H,10-11H2,1H3. The van der Waals surface area contributed by atoms with E-state index in [4.69, 9.17) is 4.74 Å². The number of rotatable bonds is 4. The Morgan fingerprint density at radius 3 is 2.83 bits per heavy atom. The molecule has 0 aromatic heterocycles. The van der Waals surface area contributed by atoms with Gasteiger partial charge in [0.05, 0.1) is 19.8 Å². The first-order valence-electron chi connectivity index (χ1n) is 7.27. The summed E-state index contributed by atoms with van der Waals surface area (Å²) in [5.74, 6) is -0.0847. The smallest absolute Gasteiger partial charge is 0.346 e. The Morgan fingerprint density at radius 2 is 2.09 bits per heavy atom. The van der Waals surface area contributed by atoms with Gasteiger partial charge in [0.25, 0.3) is 0 Å². The van der Waals surface area contributed by atoms with Crippen LogP contribution in [0.4, 0.5) is 0 Å². The summed E-state index contributed by atoms with van der Waals surface area (Å²) in [4.78, 5) is 32.6. The van der Waals surface area contributed by atoms with E-state index in [0.29, 0.717) is 11.3 Å². The quantitative estimate of drug-likeness (QED) is 0.632. The molecule has 0 N–H and O–H groups in total. The molecule has 0 fully saturated rings. The van der Waals surface area contributed by atoms with Crippen molar-refractivity contribution in [3.63, 3.8) is 0 Å². The van der Waals surface area contributed by atoms with Gasteiger partial charge in [-0.2, -0.15) is 4.89 Å². The van der Waals surface area contributed by atoms with E-state index in [9.17, 15) is 9.59 Å². The minimum absolute atomic E-state index is 0.0361. The molecule has 1 aromatic rings. The molecule has 0 radical (unpaired) electrons. The number of allylic oxidation sites excluding steroid dienone is 4. The van der Waals surface area contributed by atoms with Gasteiger partial charge in [0.2, 0.25) is 0 Å².